The molecule has 3 rings (SSSR count). The van der Waals surface area contributed by atoms with Crippen molar-refractivity contribution in [3.05, 3.63) is 39.8 Å². The Morgan fingerprint density at radius 2 is 1.71 bits per heavy atom. The zero-order valence-corrected chi connectivity index (χ0v) is 17.5. The van der Waals surface area contributed by atoms with Crippen molar-refractivity contribution in [3.8, 4) is 0 Å². The van der Waals surface area contributed by atoms with Crippen molar-refractivity contribution in [2.45, 2.75) is 62.6 Å². The first kappa shape index (κ1) is 21.2. The minimum atomic E-state index is -4.51. The molecule has 0 radical (unpaired) electrons. The molecule has 0 spiro atoms. The average Bonchev–Trinajstić information content (AvgIpc) is 3.11. The van der Waals surface area contributed by atoms with Crippen LogP contribution in [0.2, 0.25) is 0 Å². The minimum absolute atomic E-state index is 0.145. The topological polar surface area (TPSA) is 63.2 Å². The van der Waals surface area contributed by atoms with E-state index in [4.69, 9.17) is 0 Å². The molecule has 1 aromatic heterocycles. The summed E-state index contributed by atoms with van der Waals surface area (Å²) >= 11 is 1.39. The van der Waals surface area contributed by atoms with Crippen LogP contribution in [0.1, 0.15) is 61.7 Å². The molecule has 1 saturated heterocycles. The van der Waals surface area contributed by atoms with E-state index in [1.165, 1.54) is 15.6 Å². The Morgan fingerprint density at radius 1 is 1.07 bits per heavy atom. The van der Waals surface area contributed by atoms with Crippen LogP contribution in [-0.2, 0) is 21.6 Å². The molecule has 5 nitrogen and oxygen atoms in total. The second-order valence-corrected chi connectivity index (χ2v) is 10.7. The Kier molecular flexibility index (Phi) is 5.59. The predicted octanol–water partition coefficient (Wildman–Crippen LogP) is 4.77. The second kappa shape index (κ2) is 7.38. The van der Waals surface area contributed by atoms with Gasteiger partial charge in [0.15, 0.2) is 0 Å². The molecule has 0 bridgehead atoms. The molecule has 1 aliphatic rings. The average molecular weight is 434 g/mol. The summed E-state index contributed by atoms with van der Waals surface area (Å²) in [4.78, 5) is -0.145. The van der Waals surface area contributed by atoms with Gasteiger partial charge in [0.25, 0.3) is 0 Å². The number of nitrogens with zero attached hydrogens (tertiary/aromatic N) is 3. The fourth-order valence-electron chi connectivity index (χ4n) is 3.06. The number of hydrogen-bond donors (Lipinski definition) is 0. The lowest BCUT2D eigenvalue weighted by atomic mass is 9.98. The third-order valence-corrected chi connectivity index (χ3v) is 7.98. The van der Waals surface area contributed by atoms with Gasteiger partial charge in [-0.25, -0.2) is 8.42 Å². The smallest absolute Gasteiger partial charge is 0.207 e. The normalized spacial score (nSPS) is 19.7. The van der Waals surface area contributed by atoms with Crippen LogP contribution < -0.4 is 0 Å². The summed E-state index contributed by atoms with van der Waals surface area (Å²) < 4.78 is 66.0. The molecule has 0 amide bonds. The first-order valence-electron chi connectivity index (χ1n) is 8.94. The lowest BCUT2D eigenvalue weighted by Gasteiger charge is -2.33. The molecule has 2 aromatic rings. The molecular formula is C18H22F3N3O2S2. The van der Waals surface area contributed by atoms with Gasteiger partial charge in [-0.1, -0.05) is 38.5 Å². The van der Waals surface area contributed by atoms with Gasteiger partial charge in [0, 0.05) is 12.0 Å². The van der Waals surface area contributed by atoms with Crippen molar-refractivity contribution in [1.82, 2.24) is 14.5 Å². The van der Waals surface area contributed by atoms with Crippen molar-refractivity contribution in [3.63, 3.8) is 0 Å². The Bertz CT molecular complexity index is 932. The molecule has 154 valence electrons. The fourth-order valence-corrected chi connectivity index (χ4v) is 5.84. The molecular weight excluding hydrogens is 411 g/mol. The fraction of sp³-hybridized carbons (Fsp3) is 0.556. The van der Waals surface area contributed by atoms with E-state index in [1.54, 1.807) is 0 Å². The van der Waals surface area contributed by atoms with Gasteiger partial charge < -0.3 is 0 Å². The molecule has 0 unspecified atom stereocenters. The molecule has 2 heterocycles. The van der Waals surface area contributed by atoms with Crippen LogP contribution >= 0.6 is 11.3 Å². The van der Waals surface area contributed by atoms with Gasteiger partial charge in [-0.2, -0.15) is 17.5 Å². The van der Waals surface area contributed by atoms with Gasteiger partial charge in [-0.3, -0.25) is 0 Å². The number of piperidine rings is 1. The van der Waals surface area contributed by atoms with Crippen LogP contribution in [0.15, 0.2) is 29.2 Å². The standard InChI is InChI=1S/C18H22F3N3O2S2/c1-17(2,3)16-23-22-15(27-16)14-6-4-5-11-24(14)28(25,26)13-9-7-12(8-10-13)18(19,20)21/h7-10,14H,4-6,11H2,1-3H3/t14-/m0/s1. The van der Waals surface area contributed by atoms with Crippen LogP contribution in [0.3, 0.4) is 0 Å². The number of sulfonamides is 1. The summed E-state index contributed by atoms with van der Waals surface area (Å²) in [6.07, 6.45) is -2.35. The maximum absolute atomic E-state index is 13.1. The lowest BCUT2D eigenvalue weighted by Crippen LogP contribution is -2.38. The van der Waals surface area contributed by atoms with Crippen molar-refractivity contribution in [2.24, 2.45) is 0 Å². The van der Waals surface area contributed by atoms with Crippen LogP contribution in [0.25, 0.3) is 0 Å². The Labute approximate surface area is 166 Å². The van der Waals surface area contributed by atoms with Crippen LogP contribution in [0.5, 0.6) is 0 Å². The third kappa shape index (κ3) is 4.23. The van der Waals surface area contributed by atoms with Crippen LogP contribution in [0.4, 0.5) is 13.2 Å². The van der Waals surface area contributed by atoms with E-state index in [0.29, 0.717) is 24.4 Å². The summed E-state index contributed by atoms with van der Waals surface area (Å²) in [7, 11) is -3.94. The van der Waals surface area contributed by atoms with Gasteiger partial charge in [0.05, 0.1) is 16.5 Å². The number of rotatable bonds is 3. The number of aromatic nitrogens is 2. The molecule has 0 aliphatic carbocycles. The van der Waals surface area contributed by atoms with Crippen molar-refractivity contribution in [1.29, 1.82) is 0 Å². The quantitative estimate of drug-likeness (QED) is 0.700. The molecule has 0 N–H and O–H groups in total. The molecule has 10 heteroatoms. The minimum Gasteiger partial charge on any atom is -0.207 e. The first-order chi connectivity index (χ1) is 12.9. The summed E-state index contributed by atoms with van der Waals surface area (Å²) in [5, 5.41) is 9.88. The van der Waals surface area contributed by atoms with E-state index in [2.05, 4.69) is 10.2 Å². The zero-order valence-electron chi connectivity index (χ0n) is 15.8. The number of alkyl halides is 3. The van der Waals surface area contributed by atoms with Gasteiger partial charge in [0.2, 0.25) is 10.0 Å². The molecule has 28 heavy (non-hydrogen) atoms. The van der Waals surface area contributed by atoms with Gasteiger partial charge in [-0.05, 0) is 37.1 Å². The molecule has 0 saturated carbocycles. The van der Waals surface area contributed by atoms with E-state index in [1.807, 2.05) is 20.8 Å². The van der Waals surface area contributed by atoms with Crippen LogP contribution in [0, 0.1) is 0 Å². The van der Waals surface area contributed by atoms with Gasteiger partial charge in [-0.15, -0.1) is 10.2 Å². The highest BCUT2D eigenvalue weighted by molar-refractivity contribution is 7.89. The zero-order chi connectivity index (χ0) is 20.7. The predicted molar refractivity (Wildman–Crippen MR) is 101 cm³/mol. The Morgan fingerprint density at radius 3 is 2.25 bits per heavy atom. The van der Waals surface area contributed by atoms with E-state index in [0.717, 1.165) is 35.7 Å². The van der Waals surface area contributed by atoms with Gasteiger partial charge >= 0.3 is 6.18 Å². The molecule has 1 atom stereocenters. The van der Waals surface area contributed by atoms with Crippen molar-refractivity contribution in [2.75, 3.05) is 6.54 Å². The highest BCUT2D eigenvalue weighted by Crippen LogP contribution is 2.39. The second-order valence-electron chi connectivity index (χ2n) is 7.84. The summed E-state index contributed by atoms with van der Waals surface area (Å²) in [6, 6.07) is 3.19. The largest absolute Gasteiger partial charge is 0.416 e. The Hall–Kier alpha value is -1.52. The summed E-state index contributed by atoms with van der Waals surface area (Å²) in [6.45, 7) is 6.33. The number of benzene rings is 1. The highest BCUT2D eigenvalue weighted by Gasteiger charge is 2.38. The maximum Gasteiger partial charge on any atom is 0.416 e. The van der Waals surface area contributed by atoms with Crippen LogP contribution in [-0.4, -0.2) is 29.5 Å². The molecule has 1 aromatic carbocycles. The SMILES string of the molecule is CC(C)(C)c1nnc([C@@H]2CCCCN2S(=O)(=O)c2ccc(C(F)(F)F)cc2)s1. The molecule has 1 fully saturated rings. The van der Waals surface area contributed by atoms with E-state index in [9.17, 15) is 21.6 Å². The Balaban J connectivity index is 1.93. The number of hydrogen-bond acceptors (Lipinski definition) is 5. The third-order valence-electron chi connectivity index (χ3n) is 4.61. The van der Waals surface area contributed by atoms with Gasteiger partial charge in [0.1, 0.15) is 10.0 Å². The van der Waals surface area contributed by atoms with E-state index in [-0.39, 0.29) is 10.3 Å². The lowest BCUT2D eigenvalue weighted by molar-refractivity contribution is -0.137. The maximum atomic E-state index is 13.1. The molecule has 1 aliphatic heterocycles. The summed E-state index contributed by atoms with van der Waals surface area (Å²) in [5.41, 5.74) is -1.07. The monoisotopic (exact) mass is 433 g/mol. The van der Waals surface area contributed by atoms with E-state index >= 15 is 0 Å². The highest BCUT2D eigenvalue weighted by atomic mass is 32.2. The number of halogens is 3. The van der Waals surface area contributed by atoms with E-state index < -0.39 is 27.8 Å². The first-order valence-corrected chi connectivity index (χ1v) is 11.2. The van der Waals surface area contributed by atoms with Crippen molar-refractivity contribution >= 4 is 21.4 Å². The summed E-state index contributed by atoms with van der Waals surface area (Å²) in [5.74, 6) is 0. The van der Waals surface area contributed by atoms with Crippen molar-refractivity contribution < 1.29 is 21.6 Å².